The van der Waals surface area contributed by atoms with Crippen LogP contribution in [-0.2, 0) is 16.0 Å². The third-order valence-electron chi connectivity index (χ3n) is 3.68. The van der Waals surface area contributed by atoms with Gasteiger partial charge in [0.15, 0.2) is 0 Å². The second-order valence-electron chi connectivity index (χ2n) is 5.53. The minimum absolute atomic E-state index is 0.00547. The summed E-state index contributed by atoms with van der Waals surface area (Å²) in [6, 6.07) is 14.9. The van der Waals surface area contributed by atoms with E-state index >= 15 is 0 Å². The summed E-state index contributed by atoms with van der Waals surface area (Å²) in [5.74, 6) is 0.365. The molecule has 0 saturated heterocycles. The van der Waals surface area contributed by atoms with Crippen molar-refractivity contribution in [3.63, 3.8) is 0 Å². The highest BCUT2D eigenvalue weighted by atomic mass is 32.2. The van der Waals surface area contributed by atoms with Gasteiger partial charge in [-0.25, -0.2) is 0 Å². The number of likely N-dealkylation sites (N-methyl/N-ethyl adjacent to an activating group) is 1. The van der Waals surface area contributed by atoms with Crippen molar-refractivity contribution in [2.24, 2.45) is 0 Å². The maximum absolute atomic E-state index is 12.3. The normalized spacial score (nSPS) is 10.2. The lowest BCUT2D eigenvalue weighted by Crippen LogP contribution is -2.35. The number of rotatable bonds is 7. The van der Waals surface area contributed by atoms with Crippen molar-refractivity contribution < 1.29 is 14.3 Å². The Morgan fingerprint density at radius 2 is 1.92 bits per heavy atom. The molecule has 0 aliphatic heterocycles. The largest absolute Gasteiger partial charge is 0.497 e. The summed E-state index contributed by atoms with van der Waals surface area (Å²) in [6.07, 6.45) is 2.18. The number of thioether (sulfide) groups is 1. The van der Waals surface area contributed by atoms with Crippen LogP contribution in [-0.4, -0.2) is 43.7 Å². The molecule has 0 aliphatic carbocycles. The molecule has 2 aromatic rings. The highest BCUT2D eigenvalue weighted by Gasteiger charge is 2.14. The Labute approximate surface area is 152 Å². The van der Waals surface area contributed by atoms with Crippen LogP contribution in [0.15, 0.2) is 53.4 Å². The molecule has 132 valence electrons. The first kappa shape index (κ1) is 18.9. The van der Waals surface area contributed by atoms with Gasteiger partial charge < -0.3 is 15.0 Å². The molecule has 0 fully saturated rings. The molecule has 25 heavy (non-hydrogen) atoms. The Bertz CT molecular complexity index is 749. The van der Waals surface area contributed by atoms with Crippen LogP contribution in [0.1, 0.15) is 5.56 Å². The lowest BCUT2D eigenvalue weighted by Gasteiger charge is -2.17. The standard InChI is InChI=1S/C19H22N2O3S/c1-21(19(23)12-14-7-6-8-15(11-14)24-2)13-18(22)20-16-9-4-5-10-17(16)25-3/h4-11H,12-13H2,1-3H3,(H,20,22). The number of carbonyl (C=O) groups is 2. The van der Waals surface area contributed by atoms with E-state index in [-0.39, 0.29) is 24.8 Å². The molecule has 2 aromatic carbocycles. The van der Waals surface area contributed by atoms with Gasteiger partial charge in [-0.1, -0.05) is 24.3 Å². The Kier molecular flexibility index (Phi) is 6.89. The summed E-state index contributed by atoms with van der Waals surface area (Å²) in [4.78, 5) is 27.0. The Hall–Kier alpha value is -2.47. The fraction of sp³-hybridized carbons (Fsp3) is 0.263. The van der Waals surface area contributed by atoms with Gasteiger partial charge in [-0.3, -0.25) is 9.59 Å². The highest BCUT2D eigenvalue weighted by Crippen LogP contribution is 2.24. The minimum atomic E-state index is -0.219. The zero-order chi connectivity index (χ0) is 18.2. The summed E-state index contributed by atoms with van der Waals surface area (Å²) in [6.45, 7) is 0.00547. The molecule has 1 N–H and O–H groups in total. The van der Waals surface area contributed by atoms with Crippen LogP contribution in [0, 0.1) is 0 Å². The number of nitrogens with one attached hydrogen (secondary N) is 1. The maximum Gasteiger partial charge on any atom is 0.244 e. The molecule has 6 heteroatoms. The Balaban J connectivity index is 1.92. The molecular formula is C19H22N2O3S. The van der Waals surface area contributed by atoms with E-state index in [1.54, 1.807) is 25.9 Å². The zero-order valence-electron chi connectivity index (χ0n) is 14.6. The number of amides is 2. The predicted molar refractivity (Wildman–Crippen MR) is 101 cm³/mol. The van der Waals surface area contributed by atoms with Crippen molar-refractivity contribution in [2.45, 2.75) is 11.3 Å². The first-order chi connectivity index (χ1) is 12.0. The SMILES string of the molecule is COc1cccc(CC(=O)N(C)CC(=O)Nc2ccccc2SC)c1. The monoisotopic (exact) mass is 358 g/mol. The van der Waals surface area contributed by atoms with Gasteiger partial charge in [-0.2, -0.15) is 0 Å². The van der Waals surface area contributed by atoms with Gasteiger partial charge in [0, 0.05) is 11.9 Å². The average molecular weight is 358 g/mol. The number of para-hydroxylation sites is 1. The van der Waals surface area contributed by atoms with E-state index in [0.29, 0.717) is 5.75 Å². The summed E-state index contributed by atoms with van der Waals surface area (Å²) in [5.41, 5.74) is 1.61. The number of methoxy groups -OCH3 is 1. The maximum atomic E-state index is 12.3. The average Bonchev–Trinajstić information content (AvgIpc) is 2.62. The molecule has 0 atom stereocenters. The smallest absolute Gasteiger partial charge is 0.244 e. The van der Waals surface area contributed by atoms with Gasteiger partial charge in [0.2, 0.25) is 11.8 Å². The van der Waals surface area contributed by atoms with Crippen molar-refractivity contribution in [1.82, 2.24) is 4.90 Å². The first-order valence-electron chi connectivity index (χ1n) is 7.83. The van der Waals surface area contributed by atoms with E-state index in [9.17, 15) is 9.59 Å². The number of carbonyl (C=O) groups excluding carboxylic acids is 2. The van der Waals surface area contributed by atoms with E-state index in [4.69, 9.17) is 4.74 Å². The fourth-order valence-electron chi connectivity index (χ4n) is 2.33. The van der Waals surface area contributed by atoms with Gasteiger partial charge in [0.25, 0.3) is 0 Å². The van der Waals surface area contributed by atoms with E-state index in [0.717, 1.165) is 16.1 Å². The van der Waals surface area contributed by atoms with Crippen LogP contribution < -0.4 is 10.1 Å². The van der Waals surface area contributed by atoms with Gasteiger partial charge in [0.05, 0.1) is 25.8 Å². The topological polar surface area (TPSA) is 58.6 Å². The molecule has 0 aliphatic rings. The van der Waals surface area contributed by atoms with Crippen molar-refractivity contribution >= 4 is 29.3 Å². The Morgan fingerprint density at radius 3 is 2.64 bits per heavy atom. The molecule has 0 radical (unpaired) electrons. The Morgan fingerprint density at radius 1 is 1.16 bits per heavy atom. The van der Waals surface area contributed by atoms with Crippen molar-refractivity contribution in [3.8, 4) is 5.75 Å². The van der Waals surface area contributed by atoms with Gasteiger partial charge in [-0.15, -0.1) is 11.8 Å². The number of hydrogen-bond acceptors (Lipinski definition) is 4. The lowest BCUT2D eigenvalue weighted by molar-refractivity contribution is -0.132. The number of anilines is 1. The number of hydrogen-bond donors (Lipinski definition) is 1. The summed E-state index contributed by atoms with van der Waals surface area (Å²) in [7, 11) is 3.21. The molecule has 0 unspecified atom stereocenters. The molecule has 0 heterocycles. The van der Waals surface area contributed by atoms with E-state index in [1.165, 1.54) is 4.90 Å². The third kappa shape index (κ3) is 5.53. The molecule has 2 amide bonds. The zero-order valence-corrected chi connectivity index (χ0v) is 15.4. The quantitative estimate of drug-likeness (QED) is 0.773. The highest BCUT2D eigenvalue weighted by molar-refractivity contribution is 7.98. The van der Waals surface area contributed by atoms with E-state index in [2.05, 4.69) is 5.32 Å². The van der Waals surface area contributed by atoms with Crippen molar-refractivity contribution in [3.05, 3.63) is 54.1 Å². The predicted octanol–water partition coefficient (Wildman–Crippen LogP) is 3.06. The van der Waals surface area contributed by atoms with Crippen LogP contribution in [0.3, 0.4) is 0 Å². The van der Waals surface area contributed by atoms with E-state index in [1.807, 2.05) is 54.8 Å². The number of ether oxygens (including phenoxy) is 1. The van der Waals surface area contributed by atoms with E-state index < -0.39 is 0 Å². The molecule has 0 bridgehead atoms. The first-order valence-corrected chi connectivity index (χ1v) is 9.05. The molecular weight excluding hydrogens is 336 g/mol. The fourth-order valence-corrected chi connectivity index (χ4v) is 2.89. The molecule has 5 nitrogen and oxygen atoms in total. The number of benzene rings is 2. The van der Waals surface area contributed by atoms with Gasteiger partial charge in [-0.05, 0) is 36.1 Å². The summed E-state index contributed by atoms with van der Waals surface area (Å²) < 4.78 is 5.16. The van der Waals surface area contributed by atoms with Gasteiger partial charge >= 0.3 is 0 Å². The van der Waals surface area contributed by atoms with Crippen LogP contribution in [0.2, 0.25) is 0 Å². The van der Waals surface area contributed by atoms with Crippen LogP contribution >= 0.6 is 11.8 Å². The molecule has 0 spiro atoms. The molecule has 0 aromatic heterocycles. The van der Waals surface area contributed by atoms with Gasteiger partial charge in [0.1, 0.15) is 5.75 Å². The van der Waals surface area contributed by atoms with Crippen molar-refractivity contribution in [2.75, 3.05) is 32.3 Å². The van der Waals surface area contributed by atoms with Crippen LogP contribution in [0.4, 0.5) is 5.69 Å². The summed E-state index contributed by atoms with van der Waals surface area (Å²) in [5, 5.41) is 2.86. The third-order valence-corrected chi connectivity index (χ3v) is 4.47. The van der Waals surface area contributed by atoms with Crippen molar-refractivity contribution in [1.29, 1.82) is 0 Å². The minimum Gasteiger partial charge on any atom is -0.497 e. The van der Waals surface area contributed by atoms with Crippen LogP contribution in [0.25, 0.3) is 0 Å². The molecule has 0 saturated carbocycles. The number of nitrogens with zero attached hydrogens (tertiary/aromatic N) is 1. The van der Waals surface area contributed by atoms with Crippen LogP contribution in [0.5, 0.6) is 5.75 Å². The second-order valence-corrected chi connectivity index (χ2v) is 6.37. The lowest BCUT2D eigenvalue weighted by atomic mass is 10.1. The molecule has 2 rings (SSSR count). The second kappa shape index (κ2) is 9.13. The summed E-state index contributed by atoms with van der Waals surface area (Å²) >= 11 is 1.56.